The second-order valence-electron chi connectivity index (χ2n) is 10.2. The summed E-state index contributed by atoms with van der Waals surface area (Å²) in [4.78, 5) is 29.2. The molecule has 1 saturated heterocycles. The third kappa shape index (κ3) is 7.40. The molecule has 35 heavy (non-hydrogen) atoms. The van der Waals surface area contributed by atoms with Gasteiger partial charge in [-0.2, -0.15) is 0 Å². The van der Waals surface area contributed by atoms with Crippen LogP contribution in [0.3, 0.4) is 0 Å². The van der Waals surface area contributed by atoms with Gasteiger partial charge in [0, 0.05) is 17.7 Å². The minimum Gasteiger partial charge on any atom is -0.408 e. The highest BCUT2D eigenvalue weighted by Crippen LogP contribution is 2.28. The first kappa shape index (κ1) is 25.9. The van der Waals surface area contributed by atoms with E-state index in [-0.39, 0.29) is 34.7 Å². The standard InChI is InChI=1S/C27H38N4O3S/c1-19(2)35-27-30-29-26(34-27)24(32)23(28-25(33)22-12-8-3-4-9-13-22)21-14-16-31(17-15-21)18-20-10-6-5-7-11-20/h5-7,10-11,19,21-23H,3-4,8-9,12-18H2,1-2H3,(H,28,33). The molecule has 2 aromatic rings. The molecule has 1 aromatic carbocycles. The molecule has 1 aromatic heterocycles. The van der Waals surface area contributed by atoms with Crippen molar-refractivity contribution in [2.75, 3.05) is 13.1 Å². The largest absolute Gasteiger partial charge is 0.408 e. The molecule has 1 amide bonds. The Morgan fingerprint density at radius 1 is 1.03 bits per heavy atom. The number of nitrogens with one attached hydrogen (secondary N) is 1. The van der Waals surface area contributed by atoms with Crippen LogP contribution in [0.5, 0.6) is 0 Å². The lowest BCUT2D eigenvalue weighted by Crippen LogP contribution is -2.51. The fraction of sp³-hybridized carbons (Fsp3) is 0.630. The summed E-state index contributed by atoms with van der Waals surface area (Å²) >= 11 is 1.44. The van der Waals surface area contributed by atoms with E-state index in [4.69, 9.17) is 4.42 Å². The molecule has 190 valence electrons. The van der Waals surface area contributed by atoms with Crippen molar-refractivity contribution in [2.24, 2.45) is 11.8 Å². The van der Waals surface area contributed by atoms with Crippen LogP contribution in [0.2, 0.25) is 0 Å². The van der Waals surface area contributed by atoms with E-state index in [0.29, 0.717) is 5.22 Å². The Bertz CT molecular complexity index is 948. The summed E-state index contributed by atoms with van der Waals surface area (Å²) in [5, 5.41) is 11.9. The van der Waals surface area contributed by atoms with E-state index in [0.717, 1.165) is 58.2 Å². The van der Waals surface area contributed by atoms with E-state index < -0.39 is 6.04 Å². The molecule has 1 aliphatic heterocycles. The average Bonchev–Trinajstić information content (AvgIpc) is 3.14. The van der Waals surface area contributed by atoms with Gasteiger partial charge in [-0.1, -0.05) is 81.6 Å². The van der Waals surface area contributed by atoms with Gasteiger partial charge in [0.05, 0.1) is 0 Å². The monoisotopic (exact) mass is 498 g/mol. The molecular weight excluding hydrogens is 460 g/mol. The molecule has 2 aliphatic rings. The molecule has 0 spiro atoms. The van der Waals surface area contributed by atoms with E-state index >= 15 is 0 Å². The lowest BCUT2D eigenvalue weighted by Gasteiger charge is -2.35. The number of thioether (sulfide) groups is 1. The zero-order valence-electron chi connectivity index (χ0n) is 20.9. The fourth-order valence-corrected chi connectivity index (χ4v) is 5.81. The highest BCUT2D eigenvalue weighted by atomic mass is 32.2. The van der Waals surface area contributed by atoms with Crippen LogP contribution in [0.1, 0.15) is 81.5 Å². The van der Waals surface area contributed by atoms with Crippen LogP contribution in [0, 0.1) is 11.8 Å². The second-order valence-corrected chi connectivity index (χ2v) is 11.7. The summed E-state index contributed by atoms with van der Waals surface area (Å²) in [6.45, 7) is 6.76. The van der Waals surface area contributed by atoms with E-state index in [2.05, 4.69) is 44.7 Å². The van der Waals surface area contributed by atoms with Crippen LogP contribution in [-0.2, 0) is 11.3 Å². The zero-order valence-corrected chi connectivity index (χ0v) is 21.8. The van der Waals surface area contributed by atoms with Crippen molar-refractivity contribution in [3.63, 3.8) is 0 Å². The molecule has 1 aliphatic carbocycles. The number of piperidine rings is 1. The van der Waals surface area contributed by atoms with Crippen LogP contribution in [0.15, 0.2) is 40.0 Å². The molecule has 1 atom stereocenters. The van der Waals surface area contributed by atoms with Gasteiger partial charge >= 0.3 is 0 Å². The van der Waals surface area contributed by atoms with Crippen LogP contribution in [0.25, 0.3) is 0 Å². The van der Waals surface area contributed by atoms with Crippen molar-refractivity contribution in [3.8, 4) is 0 Å². The molecule has 4 rings (SSSR count). The third-order valence-electron chi connectivity index (χ3n) is 7.11. The summed E-state index contributed by atoms with van der Waals surface area (Å²) in [6.07, 6.45) is 8.01. The zero-order chi connectivity index (χ0) is 24.6. The Morgan fingerprint density at radius 2 is 1.71 bits per heavy atom. The summed E-state index contributed by atoms with van der Waals surface area (Å²) in [6, 6.07) is 9.83. The van der Waals surface area contributed by atoms with Crippen molar-refractivity contribution < 1.29 is 14.0 Å². The summed E-state index contributed by atoms with van der Waals surface area (Å²) < 4.78 is 5.70. The fourth-order valence-electron chi connectivity index (χ4n) is 5.19. The van der Waals surface area contributed by atoms with Gasteiger partial charge < -0.3 is 9.73 Å². The summed E-state index contributed by atoms with van der Waals surface area (Å²) in [5.41, 5.74) is 1.29. The lowest BCUT2D eigenvalue weighted by molar-refractivity contribution is -0.126. The van der Waals surface area contributed by atoms with Gasteiger partial charge in [0.25, 0.3) is 11.1 Å². The van der Waals surface area contributed by atoms with Gasteiger partial charge in [0.15, 0.2) is 0 Å². The maximum atomic E-state index is 13.6. The summed E-state index contributed by atoms with van der Waals surface area (Å²) in [7, 11) is 0. The molecule has 2 fully saturated rings. The minimum atomic E-state index is -0.623. The number of rotatable bonds is 9. The highest BCUT2D eigenvalue weighted by molar-refractivity contribution is 7.99. The van der Waals surface area contributed by atoms with Crippen LogP contribution >= 0.6 is 11.8 Å². The van der Waals surface area contributed by atoms with Gasteiger partial charge in [-0.3, -0.25) is 14.5 Å². The number of Topliss-reactive ketones (excluding diaryl/α,β-unsaturated/α-hetero) is 1. The number of aromatic nitrogens is 2. The Kier molecular flexibility index (Phi) is 9.38. The maximum Gasteiger partial charge on any atom is 0.286 e. The number of hydrogen-bond acceptors (Lipinski definition) is 7. The number of hydrogen-bond donors (Lipinski definition) is 1. The third-order valence-corrected chi connectivity index (χ3v) is 7.95. The number of carbonyl (C=O) groups excluding carboxylic acids is 2. The normalized spacial score (nSPS) is 19.4. The Hall–Kier alpha value is -2.19. The number of nitrogens with zero attached hydrogens (tertiary/aromatic N) is 3. The highest BCUT2D eigenvalue weighted by Gasteiger charge is 2.37. The molecule has 2 heterocycles. The van der Waals surface area contributed by atoms with E-state index in [9.17, 15) is 9.59 Å². The Labute approximate surface area is 212 Å². The van der Waals surface area contributed by atoms with Crippen LogP contribution < -0.4 is 5.32 Å². The smallest absolute Gasteiger partial charge is 0.286 e. The topological polar surface area (TPSA) is 88.3 Å². The molecule has 0 bridgehead atoms. The van der Waals surface area contributed by atoms with E-state index in [1.165, 1.54) is 30.2 Å². The first-order valence-electron chi connectivity index (χ1n) is 13.1. The second kappa shape index (κ2) is 12.7. The molecule has 1 unspecified atom stereocenters. The van der Waals surface area contributed by atoms with Gasteiger partial charge in [0.1, 0.15) is 6.04 Å². The van der Waals surface area contributed by atoms with Gasteiger partial charge in [-0.15, -0.1) is 10.2 Å². The average molecular weight is 499 g/mol. The van der Waals surface area contributed by atoms with Crippen molar-refractivity contribution in [1.82, 2.24) is 20.4 Å². The molecule has 8 heteroatoms. The van der Waals surface area contributed by atoms with E-state index in [1.54, 1.807) is 0 Å². The SMILES string of the molecule is CC(C)Sc1nnc(C(=O)C(NC(=O)C2CCCCCC2)C2CCN(Cc3ccccc3)CC2)o1. The Balaban J connectivity index is 1.44. The predicted octanol–water partition coefficient (Wildman–Crippen LogP) is 5.12. The van der Waals surface area contributed by atoms with Crippen molar-refractivity contribution in [3.05, 3.63) is 41.8 Å². The minimum absolute atomic E-state index is 0.00558. The van der Waals surface area contributed by atoms with Gasteiger partial charge in [-0.25, -0.2) is 0 Å². The van der Waals surface area contributed by atoms with Gasteiger partial charge in [0.2, 0.25) is 11.7 Å². The lowest BCUT2D eigenvalue weighted by atomic mass is 9.86. The first-order valence-corrected chi connectivity index (χ1v) is 14.0. The first-order chi connectivity index (χ1) is 17.0. The molecule has 1 N–H and O–H groups in total. The summed E-state index contributed by atoms with van der Waals surface area (Å²) in [5.74, 6) is -0.200. The van der Waals surface area contributed by atoms with Crippen molar-refractivity contribution in [1.29, 1.82) is 0 Å². The van der Waals surface area contributed by atoms with Crippen molar-refractivity contribution in [2.45, 2.75) is 88.3 Å². The van der Waals surface area contributed by atoms with E-state index in [1.807, 2.05) is 19.9 Å². The maximum absolute atomic E-state index is 13.6. The van der Waals surface area contributed by atoms with Crippen LogP contribution in [0.4, 0.5) is 0 Å². The number of ketones is 1. The van der Waals surface area contributed by atoms with Crippen LogP contribution in [-0.4, -0.2) is 51.2 Å². The molecule has 1 saturated carbocycles. The number of likely N-dealkylation sites (tertiary alicyclic amines) is 1. The number of benzene rings is 1. The molecule has 0 radical (unpaired) electrons. The van der Waals surface area contributed by atoms with Gasteiger partial charge in [-0.05, 0) is 50.3 Å². The number of carbonyl (C=O) groups is 2. The quantitative estimate of drug-likeness (QED) is 0.292. The predicted molar refractivity (Wildman–Crippen MR) is 137 cm³/mol. The number of amides is 1. The molecular formula is C27H38N4O3S. The molecule has 7 nitrogen and oxygen atoms in total. The Morgan fingerprint density at radius 3 is 2.37 bits per heavy atom. The van der Waals surface area contributed by atoms with Crippen molar-refractivity contribution >= 4 is 23.5 Å².